The van der Waals surface area contributed by atoms with Gasteiger partial charge in [0.05, 0.1) is 17.9 Å². The molecule has 0 amide bonds. The van der Waals surface area contributed by atoms with Crippen molar-refractivity contribution >= 4 is 16.0 Å². The summed E-state index contributed by atoms with van der Waals surface area (Å²) in [5.74, 6) is -1.23. The first-order valence-corrected chi connectivity index (χ1v) is 7.67. The van der Waals surface area contributed by atoms with Gasteiger partial charge in [-0.05, 0) is 30.2 Å². The molecule has 6 nitrogen and oxygen atoms in total. The molecule has 0 bridgehead atoms. The minimum Gasteiger partial charge on any atom is -0.497 e. The molecule has 1 fully saturated rings. The molecule has 0 aromatic heterocycles. The standard InChI is InChI=1S/C13H17NO5S/c1-9-7-14(8-12(9)13(15)16)20(17,18)11-5-3-10(19-2)4-6-11/h3-6,9,12H,7-8H2,1-2H3,(H,15,16). The van der Waals surface area contributed by atoms with Gasteiger partial charge in [-0.2, -0.15) is 4.31 Å². The van der Waals surface area contributed by atoms with Gasteiger partial charge in [-0.1, -0.05) is 6.92 Å². The predicted molar refractivity (Wildman–Crippen MR) is 72.0 cm³/mol. The number of hydrogen-bond donors (Lipinski definition) is 1. The van der Waals surface area contributed by atoms with Crippen LogP contribution in [0.15, 0.2) is 29.2 Å². The topological polar surface area (TPSA) is 83.9 Å². The van der Waals surface area contributed by atoms with E-state index < -0.39 is 21.9 Å². The van der Waals surface area contributed by atoms with E-state index in [1.165, 1.54) is 23.5 Å². The zero-order valence-electron chi connectivity index (χ0n) is 11.3. The van der Waals surface area contributed by atoms with Crippen LogP contribution in [0.25, 0.3) is 0 Å². The van der Waals surface area contributed by atoms with Crippen molar-refractivity contribution in [2.75, 3.05) is 20.2 Å². The molecule has 1 heterocycles. The summed E-state index contributed by atoms with van der Waals surface area (Å²) < 4.78 is 31.1. The Kier molecular flexibility index (Phi) is 4.01. The van der Waals surface area contributed by atoms with Crippen LogP contribution < -0.4 is 4.74 Å². The van der Waals surface area contributed by atoms with E-state index in [9.17, 15) is 13.2 Å². The Morgan fingerprint density at radius 1 is 1.30 bits per heavy atom. The van der Waals surface area contributed by atoms with Crippen molar-refractivity contribution in [2.45, 2.75) is 11.8 Å². The molecular formula is C13H17NO5S. The SMILES string of the molecule is COc1ccc(S(=O)(=O)N2CC(C)C(C(=O)O)C2)cc1. The van der Waals surface area contributed by atoms with E-state index >= 15 is 0 Å². The molecule has 1 aliphatic rings. The van der Waals surface area contributed by atoms with Crippen LogP contribution in [0.4, 0.5) is 0 Å². The summed E-state index contributed by atoms with van der Waals surface area (Å²) in [5, 5.41) is 9.07. The lowest BCUT2D eigenvalue weighted by Crippen LogP contribution is -2.30. The molecule has 2 atom stereocenters. The summed E-state index contributed by atoms with van der Waals surface area (Å²) in [6, 6.07) is 6.07. The number of ether oxygens (including phenoxy) is 1. The Balaban J connectivity index is 2.25. The van der Waals surface area contributed by atoms with Gasteiger partial charge >= 0.3 is 5.97 Å². The molecule has 0 radical (unpaired) electrons. The van der Waals surface area contributed by atoms with Crippen LogP contribution in [0.5, 0.6) is 5.75 Å². The second-order valence-corrected chi connectivity index (χ2v) is 6.86. The summed E-state index contributed by atoms with van der Waals surface area (Å²) in [5.41, 5.74) is 0. The largest absolute Gasteiger partial charge is 0.497 e. The highest BCUT2D eigenvalue weighted by atomic mass is 32.2. The molecule has 1 aliphatic heterocycles. The van der Waals surface area contributed by atoms with E-state index in [1.54, 1.807) is 19.1 Å². The van der Waals surface area contributed by atoms with Crippen molar-refractivity contribution in [1.82, 2.24) is 4.31 Å². The Labute approximate surface area is 118 Å². The Hall–Kier alpha value is -1.60. The number of nitrogens with zero attached hydrogens (tertiary/aromatic N) is 1. The fourth-order valence-electron chi connectivity index (χ4n) is 2.34. The van der Waals surface area contributed by atoms with Crippen LogP contribution in [-0.4, -0.2) is 44.0 Å². The number of benzene rings is 1. The van der Waals surface area contributed by atoms with Crippen molar-refractivity contribution in [1.29, 1.82) is 0 Å². The molecule has 1 aromatic carbocycles. The number of carbonyl (C=O) groups is 1. The van der Waals surface area contributed by atoms with Gasteiger partial charge in [0.2, 0.25) is 10.0 Å². The quantitative estimate of drug-likeness (QED) is 0.898. The Morgan fingerprint density at radius 3 is 2.35 bits per heavy atom. The third kappa shape index (κ3) is 2.64. The van der Waals surface area contributed by atoms with Gasteiger partial charge in [-0.15, -0.1) is 0 Å². The summed E-state index contributed by atoms with van der Waals surface area (Å²) >= 11 is 0. The minimum atomic E-state index is -3.65. The highest BCUT2D eigenvalue weighted by molar-refractivity contribution is 7.89. The third-order valence-corrected chi connectivity index (χ3v) is 5.44. The molecule has 0 saturated carbocycles. The maximum atomic E-state index is 12.4. The molecule has 2 unspecified atom stereocenters. The van der Waals surface area contributed by atoms with Gasteiger partial charge in [-0.3, -0.25) is 4.79 Å². The molecular weight excluding hydrogens is 282 g/mol. The van der Waals surface area contributed by atoms with E-state index in [0.717, 1.165) is 0 Å². The zero-order valence-corrected chi connectivity index (χ0v) is 12.1. The Morgan fingerprint density at radius 2 is 1.90 bits per heavy atom. The summed E-state index contributed by atoms with van der Waals surface area (Å²) in [6.45, 7) is 2.00. The molecule has 7 heteroatoms. The van der Waals surface area contributed by atoms with Crippen molar-refractivity contribution < 1.29 is 23.1 Å². The van der Waals surface area contributed by atoms with Crippen LogP contribution in [0.3, 0.4) is 0 Å². The van der Waals surface area contributed by atoms with E-state index in [1.807, 2.05) is 0 Å². The third-order valence-electron chi connectivity index (χ3n) is 3.59. The first kappa shape index (κ1) is 14.8. The van der Waals surface area contributed by atoms with Crippen molar-refractivity contribution in [3.63, 3.8) is 0 Å². The minimum absolute atomic E-state index is 0.0187. The van der Waals surface area contributed by atoms with Gasteiger partial charge in [0.1, 0.15) is 5.75 Å². The summed E-state index contributed by atoms with van der Waals surface area (Å²) in [4.78, 5) is 11.2. The van der Waals surface area contributed by atoms with Crippen molar-refractivity contribution in [3.8, 4) is 5.75 Å². The number of hydrogen-bond acceptors (Lipinski definition) is 4. The number of carboxylic acids is 1. The van der Waals surface area contributed by atoms with E-state index in [2.05, 4.69) is 0 Å². The first-order valence-electron chi connectivity index (χ1n) is 6.23. The monoisotopic (exact) mass is 299 g/mol. The first-order chi connectivity index (χ1) is 9.36. The van der Waals surface area contributed by atoms with Crippen molar-refractivity contribution in [3.05, 3.63) is 24.3 Å². The predicted octanol–water partition coefficient (Wildman–Crippen LogP) is 1.04. The number of sulfonamides is 1. The number of methoxy groups -OCH3 is 1. The maximum Gasteiger partial charge on any atom is 0.308 e. The molecule has 1 saturated heterocycles. The van der Waals surface area contributed by atoms with Gasteiger partial charge in [0.25, 0.3) is 0 Å². The van der Waals surface area contributed by atoms with Gasteiger partial charge in [-0.25, -0.2) is 8.42 Å². The fourth-order valence-corrected chi connectivity index (χ4v) is 3.90. The molecule has 0 spiro atoms. The van der Waals surface area contributed by atoms with Gasteiger partial charge in [0.15, 0.2) is 0 Å². The van der Waals surface area contributed by atoms with E-state index in [-0.39, 0.29) is 23.9 Å². The maximum absolute atomic E-state index is 12.4. The van der Waals surface area contributed by atoms with Crippen molar-refractivity contribution in [2.24, 2.45) is 11.8 Å². The van der Waals surface area contributed by atoms with Gasteiger partial charge in [0, 0.05) is 13.1 Å². The average Bonchev–Trinajstić information content (AvgIpc) is 2.82. The Bertz CT molecular complexity index is 596. The molecule has 20 heavy (non-hydrogen) atoms. The molecule has 110 valence electrons. The summed E-state index contributed by atoms with van der Waals surface area (Å²) in [7, 11) is -2.15. The molecule has 1 aromatic rings. The molecule has 1 N–H and O–H groups in total. The zero-order chi connectivity index (χ0) is 14.9. The van der Waals surface area contributed by atoms with Crippen LogP contribution >= 0.6 is 0 Å². The fraction of sp³-hybridized carbons (Fsp3) is 0.462. The normalized spacial score (nSPS) is 23.7. The van der Waals surface area contributed by atoms with E-state index in [0.29, 0.717) is 5.75 Å². The van der Waals surface area contributed by atoms with Gasteiger partial charge < -0.3 is 9.84 Å². The average molecular weight is 299 g/mol. The highest BCUT2D eigenvalue weighted by Gasteiger charge is 2.40. The number of carboxylic acid groups (broad SMARTS) is 1. The lowest BCUT2D eigenvalue weighted by Gasteiger charge is -2.16. The lowest BCUT2D eigenvalue weighted by molar-refractivity contribution is -0.142. The molecule has 2 rings (SSSR count). The second kappa shape index (κ2) is 5.41. The molecule has 0 aliphatic carbocycles. The van der Waals surface area contributed by atoms with E-state index in [4.69, 9.17) is 9.84 Å². The smallest absolute Gasteiger partial charge is 0.308 e. The number of aliphatic carboxylic acids is 1. The van der Waals surface area contributed by atoms with Crippen LogP contribution in [0.1, 0.15) is 6.92 Å². The van der Waals surface area contributed by atoms with Crippen LogP contribution in [-0.2, 0) is 14.8 Å². The number of rotatable bonds is 4. The van der Waals surface area contributed by atoms with Crippen LogP contribution in [0, 0.1) is 11.8 Å². The highest BCUT2D eigenvalue weighted by Crippen LogP contribution is 2.29. The second-order valence-electron chi connectivity index (χ2n) is 4.92. The lowest BCUT2D eigenvalue weighted by atomic mass is 9.99. The summed E-state index contributed by atoms with van der Waals surface area (Å²) in [6.07, 6.45) is 0. The van der Waals surface area contributed by atoms with Crippen LogP contribution in [0.2, 0.25) is 0 Å².